The summed E-state index contributed by atoms with van der Waals surface area (Å²) in [6, 6.07) is 0.0239. The van der Waals surface area contributed by atoms with Gasteiger partial charge in [0.2, 0.25) is 0 Å². The highest BCUT2D eigenvalue weighted by atomic mass is 16.5. The normalized spacial score (nSPS) is 26.2. The van der Waals surface area contributed by atoms with E-state index in [1.54, 1.807) is 0 Å². The maximum atomic E-state index is 6.36. The highest BCUT2D eigenvalue weighted by Crippen LogP contribution is 2.28. The van der Waals surface area contributed by atoms with Crippen LogP contribution in [0.5, 0.6) is 0 Å². The topological polar surface area (TPSA) is 53.1 Å². The summed E-state index contributed by atoms with van der Waals surface area (Å²) in [5.41, 5.74) is 6.18. The van der Waals surface area contributed by atoms with Gasteiger partial charge in [0, 0.05) is 38.0 Å². The Morgan fingerprint density at radius 3 is 3.06 bits per heavy atom. The number of imidazole rings is 1. The van der Waals surface area contributed by atoms with Crippen molar-refractivity contribution in [1.82, 2.24) is 9.55 Å². The van der Waals surface area contributed by atoms with Crippen LogP contribution >= 0.6 is 0 Å². The minimum atomic E-state index is -0.179. The largest absolute Gasteiger partial charge is 0.374 e. The van der Waals surface area contributed by atoms with Crippen LogP contribution in [0.3, 0.4) is 0 Å². The highest BCUT2D eigenvalue weighted by molar-refractivity contribution is 5.00. The first-order valence-electron chi connectivity index (χ1n) is 7.05. The number of aromatic nitrogens is 2. The molecule has 2 unspecified atom stereocenters. The lowest BCUT2D eigenvalue weighted by atomic mass is 9.87. The van der Waals surface area contributed by atoms with Gasteiger partial charge in [0.1, 0.15) is 5.82 Å². The maximum absolute atomic E-state index is 6.36. The van der Waals surface area contributed by atoms with Gasteiger partial charge in [-0.05, 0) is 32.6 Å². The summed E-state index contributed by atoms with van der Waals surface area (Å²) in [5, 5.41) is 0. The molecule has 0 saturated carbocycles. The summed E-state index contributed by atoms with van der Waals surface area (Å²) in [4.78, 5) is 4.43. The van der Waals surface area contributed by atoms with Crippen LogP contribution in [-0.2, 0) is 17.7 Å². The Morgan fingerprint density at radius 1 is 1.56 bits per heavy atom. The van der Waals surface area contributed by atoms with Crippen LogP contribution in [0.2, 0.25) is 0 Å². The van der Waals surface area contributed by atoms with E-state index >= 15 is 0 Å². The monoisotopic (exact) mass is 251 g/mol. The first-order chi connectivity index (χ1) is 8.65. The molecule has 18 heavy (non-hydrogen) atoms. The molecule has 4 nitrogen and oxygen atoms in total. The maximum Gasteiger partial charge on any atom is 0.110 e. The van der Waals surface area contributed by atoms with Gasteiger partial charge in [0.25, 0.3) is 0 Å². The lowest BCUT2D eigenvalue weighted by Gasteiger charge is -2.38. The average Bonchev–Trinajstić information content (AvgIpc) is 2.78. The molecule has 2 N–H and O–H groups in total. The Labute approximate surface area is 110 Å². The van der Waals surface area contributed by atoms with Crippen molar-refractivity contribution in [2.24, 2.45) is 5.73 Å². The molecule has 1 aromatic rings. The number of hydrogen-bond donors (Lipinski definition) is 1. The van der Waals surface area contributed by atoms with Gasteiger partial charge in [0.05, 0.1) is 5.60 Å². The van der Waals surface area contributed by atoms with Crippen LogP contribution < -0.4 is 5.73 Å². The predicted octanol–water partition coefficient (Wildman–Crippen LogP) is 2.12. The molecule has 1 fully saturated rings. The van der Waals surface area contributed by atoms with Crippen LogP contribution in [0.15, 0.2) is 12.4 Å². The molecule has 1 aromatic heterocycles. The quantitative estimate of drug-likeness (QED) is 0.872. The fourth-order valence-corrected chi connectivity index (χ4v) is 2.64. The zero-order chi connectivity index (χ0) is 13.0. The number of nitrogens with zero attached hydrogens (tertiary/aromatic N) is 2. The molecule has 0 bridgehead atoms. The molecule has 1 saturated heterocycles. The summed E-state index contributed by atoms with van der Waals surface area (Å²) in [6.07, 6.45) is 9.25. The second-order valence-electron chi connectivity index (χ2n) is 5.47. The molecule has 0 aromatic carbocycles. The van der Waals surface area contributed by atoms with Gasteiger partial charge >= 0.3 is 0 Å². The van der Waals surface area contributed by atoms with Crippen LogP contribution in [0.4, 0.5) is 0 Å². The van der Waals surface area contributed by atoms with Crippen molar-refractivity contribution in [3.8, 4) is 0 Å². The summed E-state index contributed by atoms with van der Waals surface area (Å²) >= 11 is 0. The second kappa shape index (κ2) is 5.85. The number of aryl methyl sites for hydroxylation is 1. The zero-order valence-electron chi connectivity index (χ0n) is 11.6. The third-order valence-corrected chi connectivity index (χ3v) is 3.95. The molecular weight excluding hydrogens is 226 g/mol. The van der Waals surface area contributed by atoms with Gasteiger partial charge in [-0.15, -0.1) is 0 Å². The molecule has 0 radical (unpaired) electrons. The minimum absolute atomic E-state index is 0.0239. The number of hydrogen-bond acceptors (Lipinski definition) is 3. The van der Waals surface area contributed by atoms with E-state index in [4.69, 9.17) is 10.5 Å². The van der Waals surface area contributed by atoms with Gasteiger partial charge in [-0.2, -0.15) is 0 Å². The van der Waals surface area contributed by atoms with E-state index < -0.39 is 0 Å². The summed E-state index contributed by atoms with van der Waals surface area (Å²) in [6.45, 7) is 6.17. The first-order valence-corrected chi connectivity index (χ1v) is 7.05. The molecule has 0 spiro atoms. The third kappa shape index (κ3) is 2.93. The van der Waals surface area contributed by atoms with Gasteiger partial charge in [0.15, 0.2) is 0 Å². The lowest BCUT2D eigenvalue weighted by Crippen LogP contribution is -2.51. The molecule has 2 heterocycles. The van der Waals surface area contributed by atoms with Crippen LogP contribution in [0, 0.1) is 0 Å². The Balaban J connectivity index is 2.01. The van der Waals surface area contributed by atoms with Gasteiger partial charge in [-0.3, -0.25) is 0 Å². The molecule has 0 amide bonds. The predicted molar refractivity (Wildman–Crippen MR) is 72.4 cm³/mol. The summed E-state index contributed by atoms with van der Waals surface area (Å²) in [5.74, 6) is 1.08. The average molecular weight is 251 g/mol. The van der Waals surface area contributed by atoms with Crippen molar-refractivity contribution in [1.29, 1.82) is 0 Å². The van der Waals surface area contributed by atoms with E-state index in [0.717, 1.165) is 44.7 Å². The van der Waals surface area contributed by atoms with Crippen molar-refractivity contribution in [2.75, 3.05) is 6.61 Å². The van der Waals surface area contributed by atoms with Gasteiger partial charge in [-0.25, -0.2) is 4.98 Å². The summed E-state index contributed by atoms with van der Waals surface area (Å²) < 4.78 is 8.11. The van der Waals surface area contributed by atoms with E-state index in [1.165, 1.54) is 6.42 Å². The van der Waals surface area contributed by atoms with Crippen LogP contribution in [0.1, 0.15) is 45.4 Å². The molecule has 4 heteroatoms. The van der Waals surface area contributed by atoms with E-state index in [-0.39, 0.29) is 11.6 Å². The smallest absolute Gasteiger partial charge is 0.110 e. The Hall–Kier alpha value is -0.870. The van der Waals surface area contributed by atoms with Crippen LogP contribution in [0.25, 0.3) is 0 Å². The van der Waals surface area contributed by atoms with E-state index in [1.807, 2.05) is 12.4 Å². The standard InChI is InChI=1S/C14H25N3O/c1-3-8-17-9-7-16-13(17)11-12(15)14(2)6-4-5-10-18-14/h7,9,12H,3-6,8,10-11,15H2,1-2H3. The SMILES string of the molecule is CCCn1ccnc1CC(N)C1(C)CCCCO1. The number of rotatable bonds is 5. The van der Waals surface area contributed by atoms with E-state index in [2.05, 4.69) is 23.4 Å². The molecule has 0 aliphatic carbocycles. The van der Waals surface area contributed by atoms with E-state index in [0.29, 0.717) is 0 Å². The van der Waals surface area contributed by atoms with Gasteiger partial charge < -0.3 is 15.0 Å². The van der Waals surface area contributed by atoms with Crippen molar-refractivity contribution < 1.29 is 4.74 Å². The first kappa shape index (κ1) is 13.6. The lowest BCUT2D eigenvalue weighted by molar-refractivity contribution is -0.0812. The number of nitrogens with two attached hydrogens (primary N) is 1. The number of ether oxygens (including phenoxy) is 1. The fraction of sp³-hybridized carbons (Fsp3) is 0.786. The summed E-state index contributed by atoms with van der Waals surface area (Å²) in [7, 11) is 0. The fourth-order valence-electron chi connectivity index (χ4n) is 2.64. The van der Waals surface area contributed by atoms with Crippen molar-refractivity contribution >= 4 is 0 Å². The van der Waals surface area contributed by atoms with E-state index in [9.17, 15) is 0 Å². The van der Waals surface area contributed by atoms with Crippen molar-refractivity contribution in [2.45, 2.75) is 64.1 Å². The van der Waals surface area contributed by atoms with Crippen LogP contribution in [-0.4, -0.2) is 27.8 Å². The molecule has 102 valence electrons. The second-order valence-corrected chi connectivity index (χ2v) is 5.47. The zero-order valence-corrected chi connectivity index (χ0v) is 11.6. The minimum Gasteiger partial charge on any atom is -0.374 e. The third-order valence-electron chi connectivity index (χ3n) is 3.95. The van der Waals surface area contributed by atoms with Crippen molar-refractivity contribution in [3.05, 3.63) is 18.2 Å². The molecule has 2 atom stereocenters. The Morgan fingerprint density at radius 2 is 2.39 bits per heavy atom. The molecular formula is C14H25N3O. The molecule has 1 aliphatic rings. The van der Waals surface area contributed by atoms with Gasteiger partial charge in [-0.1, -0.05) is 6.92 Å². The Kier molecular flexibility index (Phi) is 4.40. The molecule has 1 aliphatic heterocycles. The van der Waals surface area contributed by atoms with Crippen molar-refractivity contribution in [3.63, 3.8) is 0 Å². The molecule has 2 rings (SSSR count). The Bertz CT molecular complexity index is 369. The highest BCUT2D eigenvalue weighted by Gasteiger charge is 2.35.